The molecule has 0 aromatic carbocycles. The quantitative estimate of drug-likeness (QED) is 0.735. The van der Waals surface area contributed by atoms with Crippen molar-refractivity contribution >= 4 is 0 Å². The van der Waals surface area contributed by atoms with Crippen molar-refractivity contribution in [3.63, 3.8) is 0 Å². The van der Waals surface area contributed by atoms with E-state index in [0.717, 1.165) is 0 Å². The lowest BCUT2D eigenvalue weighted by molar-refractivity contribution is -0.235. The molecule has 0 amide bonds. The van der Waals surface area contributed by atoms with Crippen LogP contribution in [0.5, 0.6) is 0 Å². The van der Waals surface area contributed by atoms with Gasteiger partial charge in [-0.3, -0.25) is 0 Å². The van der Waals surface area contributed by atoms with E-state index in [1.807, 2.05) is 27.7 Å². The Balaban J connectivity index is 1.73. The molecule has 3 heterocycles. The fourth-order valence-electron chi connectivity index (χ4n) is 3.05. The van der Waals surface area contributed by atoms with Crippen LogP contribution < -0.4 is 0 Å². The van der Waals surface area contributed by atoms with Crippen molar-refractivity contribution in [3.05, 3.63) is 12.7 Å². The first-order valence-corrected chi connectivity index (χ1v) is 7.37. The Hall–Kier alpha value is -0.500. The van der Waals surface area contributed by atoms with Crippen LogP contribution >= 0.6 is 0 Å². The molecule has 0 N–H and O–H groups in total. The Morgan fingerprint density at radius 3 is 2.48 bits per heavy atom. The lowest BCUT2D eigenvalue weighted by Gasteiger charge is -2.28. The van der Waals surface area contributed by atoms with Crippen molar-refractivity contribution in [1.29, 1.82) is 0 Å². The smallest absolute Gasteiger partial charge is 0.190 e. The minimum atomic E-state index is -0.664. The summed E-state index contributed by atoms with van der Waals surface area (Å²) >= 11 is 0. The zero-order chi connectivity index (χ0) is 15.3. The molecule has 3 aliphatic rings. The van der Waals surface area contributed by atoms with Crippen LogP contribution in [0.4, 0.5) is 0 Å². The number of hydrogen-bond acceptors (Lipinski definition) is 6. The second-order valence-corrected chi connectivity index (χ2v) is 6.52. The Morgan fingerprint density at radius 2 is 1.86 bits per heavy atom. The molecule has 0 bridgehead atoms. The predicted molar refractivity (Wildman–Crippen MR) is 73.5 cm³/mol. The highest BCUT2D eigenvalue weighted by molar-refractivity contribution is 4.99. The molecule has 0 saturated carbocycles. The van der Waals surface area contributed by atoms with E-state index in [9.17, 15) is 0 Å². The van der Waals surface area contributed by atoms with Gasteiger partial charge < -0.3 is 28.4 Å². The molecule has 0 radical (unpaired) electrons. The lowest BCUT2D eigenvalue weighted by atomic mass is 10.1. The summed E-state index contributed by atoms with van der Waals surface area (Å²) < 4.78 is 35.1. The fraction of sp³-hybridized carbons (Fsp3) is 0.867. The Kier molecular flexibility index (Phi) is 3.88. The van der Waals surface area contributed by atoms with E-state index >= 15 is 0 Å². The first-order valence-electron chi connectivity index (χ1n) is 7.37. The van der Waals surface area contributed by atoms with Crippen molar-refractivity contribution < 1.29 is 28.4 Å². The normalized spacial score (nSPS) is 43.9. The largest absolute Gasteiger partial charge is 0.368 e. The van der Waals surface area contributed by atoms with Crippen molar-refractivity contribution in [2.45, 2.75) is 70.0 Å². The van der Waals surface area contributed by atoms with Gasteiger partial charge in [-0.1, -0.05) is 6.08 Å². The molecule has 5 atom stereocenters. The van der Waals surface area contributed by atoms with Gasteiger partial charge in [-0.2, -0.15) is 0 Å². The summed E-state index contributed by atoms with van der Waals surface area (Å²) in [4.78, 5) is 0. The van der Waals surface area contributed by atoms with E-state index in [0.29, 0.717) is 13.2 Å². The maximum Gasteiger partial charge on any atom is 0.190 e. The van der Waals surface area contributed by atoms with E-state index in [-0.39, 0.29) is 24.4 Å². The number of hydrogen-bond donors (Lipinski definition) is 0. The van der Waals surface area contributed by atoms with Crippen molar-refractivity contribution in [3.8, 4) is 0 Å². The molecule has 0 spiro atoms. The monoisotopic (exact) mass is 300 g/mol. The topological polar surface area (TPSA) is 55.4 Å². The summed E-state index contributed by atoms with van der Waals surface area (Å²) in [6.45, 7) is 12.1. The van der Waals surface area contributed by atoms with Gasteiger partial charge in [0.2, 0.25) is 0 Å². The van der Waals surface area contributed by atoms with Crippen LogP contribution in [0.1, 0.15) is 27.7 Å². The highest BCUT2D eigenvalue weighted by Crippen LogP contribution is 2.41. The molecule has 3 fully saturated rings. The Labute approximate surface area is 125 Å². The van der Waals surface area contributed by atoms with Gasteiger partial charge in [-0.05, 0) is 27.7 Å². The van der Waals surface area contributed by atoms with Crippen LogP contribution in [0, 0.1) is 0 Å². The second kappa shape index (κ2) is 5.30. The molecule has 0 aliphatic carbocycles. The SMILES string of the molecule is C=CCOC1C2OC(C)(C)OC2OC1[C@H]1COC(C)(C)O1. The third-order valence-electron chi connectivity index (χ3n) is 3.83. The maximum atomic E-state index is 6.00. The third-order valence-corrected chi connectivity index (χ3v) is 3.83. The molecular formula is C15H24O6. The first-order chi connectivity index (χ1) is 9.81. The van der Waals surface area contributed by atoms with Gasteiger partial charge in [0.25, 0.3) is 0 Å². The van der Waals surface area contributed by atoms with Gasteiger partial charge >= 0.3 is 0 Å². The Morgan fingerprint density at radius 1 is 1.10 bits per heavy atom. The minimum absolute atomic E-state index is 0.198. The number of rotatable bonds is 4. The van der Waals surface area contributed by atoms with Crippen LogP contribution in [-0.4, -0.2) is 55.5 Å². The van der Waals surface area contributed by atoms with E-state index in [4.69, 9.17) is 28.4 Å². The zero-order valence-corrected chi connectivity index (χ0v) is 13.0. The van der Waals surface area contributed by atoms with Crippen LogP contribution in [0.2, 0.25) is 0 Å². The van der Waals surface area contributed by atoms with Crippen molar-refractivity contribution in [2.75, 3.05) is 13.2 Å². The highest BCUT2D eigenvalue weighted by Gasteiger charge is 2.58. The highest BCUT2D eigenvalue weighted by atomic mass is 16.8. The average molecular weight is 300 g/mol. The molecular weight excluding hydrogens is 276 g/mol. The predicted octanol–water partition coefficient (Wildman–Crippen LogP) is 1.59. The fourth-order valence-corrected chi connectivity index (χ4v) is 3.05. The summed E-state index contributed by atoms with van der Waals surface area (Å²) in [6, 6.07) is 0. The molecule has 0 aromatic heterocycles. The van der Waals surface area contributed by atoms with E-state index in [2.05, 4.69) is 6.58 Å². The molecule has 3 saturated heterocycles. The molecule has 4 unspecified atom stereocenters. The van der Waals surface area contributed by atoms with Crippen LogP contribution in [-0.2, 0) is 28.4 Å². The maximum absolute atomic E-state index is 6.00. The van der Waals surface area contributed by atoms with Gasteiger partial charge in [0.05, 0.1) is 13.2 Å². The first kappa shape index (κ1) is 15.4. The van der Waals surface area contributed by atoms with Crippen molar-refractivity contribution in [2.24, 2.45) is 0 Å². The molecule has 0 aromatic rings. The molecule has 6 nitrogen and oxygen atoms in total. The van der Waals surface area contributed by atoms with Gasteiger partial charge in [-0.15, -0.1) is 6.58 Å². The minimum Gasteiger partial charge on any atom is -0.368 e. The zero-order valence-electron chi connectivity index (χ0n) is 13.0. The third kappa shape index (κ3) is 3.02. The van der Waals surface area contributed by atoms with Crippen molar-refractivity contribution in [1.82, 2.24) is 0 Å². The summed E-state index contributed by atoms with van der Waals surface area (Å²) in [5, 5.41) is 0. The van der Waals surface area contributed by atoms with Crippen LogP contribution in [0.3, 0.4) is 0 Å². The summed E-state index contributed by atoms with van der Waals surface area (Å²) in [5.74, 6) is -1.27. The van der Waals surface area contributed by atoms with Crippen LogP contribution in [0.15, 0.2) is 12.7 Å². The number of ether oxygens (including phenoxy) is 6. The molecule has 21 heavy (non-hydrogen) atoms. The van der Waals surface area contributed by atoms with E-state index in [1.54, 1.807) is 6.08 Å². The standard InChI is InChI=1S/C15H24O6/c1-6-7-16-11-10(9-8-17-14(2,3)19-9)18-13-12(11)20-15(4,5)21-13/h6,9-13H,1,7-8H2,2-5H3/t9-,10?,11?,12?,13?/m1/s1. The average Bonchev–Trinajstić information content (AvgIpc) is 2.96. The Bertz CT molecular complexity index is 407. The summed E-state index contributed by atoms with van der Waals surface area (Å²) in [5.41, 5.74) is 0. The summed E-state index contributed by atoms with van der Waals surface area (Å²) in [7, 11) is 0. The molecule has 3 aliphatic heterocycles. The van der Waals surface area contributed by atoms with Gasteiger partial charge in [0.15, 0.2) is 17.9 Å². The lowest BCUT2D eigenvalue weighted by Crippen LogP contribution is -2.44. The van der Waals surface area contributed by atoms with Crippen LogP contribution in [0.25, 0.3) is 0 Å². The molecule has 3 rings (SSSR count). The van der Waals surface area contributed by atoms with Gasteiger partial charge in [-0.25, -0.2) is 0 Å². The second-order valence-electron chi connectivity index (χ2n) is 6.52. The summed E-state index contributed by atoms with van der Waals surface area (Å²) in [6.07, 6.45) is 0.261. The van der Waals surface area contributed by atoms with E-state index in [1.165, 1.54) is 0 Å². The molecule has 6 heteroatoms. The molecule has 120 valence electrons. The van der Waals surface area contributed by atoms with Gasteiger partial charge in [0.1, 0.15) is 24.4 Å². The van der Waals surface area contributed by atoms with E-state index < -0.39 is 17.9 Å². The number of fused-ring (bicyclic) bond motifs is 1. The van der Waals surface area contributed by atoms with Gasteiger partial charge in [0, 0.05) is 0 Å².